The molecule has 0 heterocycles. The second-order valence-corrected chi connectivity index (χ2v) is 6.35. The molecule has 88 valence electrons. The number of alkyl halides is 1. The van der Waals surface area contributed by atoms with E-state index in [-0.39, 0.29) is 5.91 Å². The van der Waals surface area contributed by atoms with Crippen LogP contribution in [-0.4, -0.2) is 24.3 Å². The van der Waals surface area contributed by atoms with Crippen molar-refractivity contribution in [2.24, 2.45) is 0 Å². The molecule has 0 radical (unpaired) electrons. The number of nitrogens with zero attached hydrogens (tertiary/aromatic N) is 1. The molecule has 1 aromatic carbocycles. The summed E-state index contributed by atoms with van der Waals surface area (Å²) >= 11 is 3.32. The lowest BCUT2D eigenvalue weighted by Gasteiger charge is -2.17. The number of anilines is 2. The molecule has 0 aliphatic carbocycles. The lowest BCUT2D eigenvalue weighted by molar-refractivity contribution is -0.117. The normalized spacial score (nSPS) is 11.1. The third-order valence-corrected chi connectivity index (χ3v) is 2.54. The average molecular weight is 285 g/mol. The van der Waals surface area contributed by atoms with E-state index >= 15 is 0 Å². The van der Waals surface area contributed by atoms with Gasteiger partial charge in [0.2, 0.25) is 5.91 Å². The van der Waals surface area contributed by atoms with Crippen LogP contribution < -0.4 is 10.2 Å². The first kappa shape index (κ1) is 13.0. The smallest absolute Gasteiger partial charge is 0.240 e. The molecule has 0 unspecified atom stereocenters. The highest BCUT2D eigenvalue weighted by Crippen LogP contribution is 2.20. The van der Waals surface area contributed by atoms with Gasteiger partial charge in [0.05, 0.1) is 4.32 Å². The van der Waals surface area contributed by atoms with Crippen LogP contribution in [0.5, 0.6) is 0 Å². The van der Waals surface area contributed by atoms with E-state index in [1.54, 1.807) is 0 Å². The second-order valence-electron chi connectivity index (χ2n) is 4.37. The van der Waals surface area contributed by atoms with E-state index in [2.05, 4.69) is 21.2 Å². The minimum atomic E-state index is -0.548. The van der Waals surface area contributed by atoms with Crippen molar-refractivity contribution in [1.82, 2.24) is 0 Å². The summed E-state index contributed by atoms with van der Waals surface area (Å²) < 4.78 is -0.548. The lowest BCUT2D eigenvalue weighted by Crippen LogP contribution is -2.30. The molecule has 0 aliphatic rings. The Morgan fingerprint density at radius 2 is 1.75 bits per heavy atom. The number of nitrogens with one attached hydrogen (secondary N) is 1. The fraction of sp³-hybridized carbons (Fsp3) is 0.417. The number of amides is 1. The van der Waals surface area contributed by atoms with Gasteiger partial charge in [-0.15, -0.1) is 0 Å². The minimum absolute atomic E-state index is 0.0508. The Bertz CT molecular complexity index is 366. The van der Waals surface area contributed by atoms with Crippen molar-refractivity contribution in [3.63, 3.8) is 0 Å². The van der Waals surface area contributed by atoms with Crippen LogP contribution in [0.15, 0.2) is 24.3 Å². The van der Waals surface area contributed by atoms with E-state index in [1.807, 2.05) is 57.1 Å². The summed E-state index contributed by atoms with van der Waals surface area (Å²) in [6.45, 7) is 3.63. The summed E-state index contributed by atoms with van der Waals surface area (Å²) in [5.41, 5.74) is 1.92. The van der Waals surface area contributed by atoms with Gasteiger partial charge in [0.25, 0.3) is 0 Å². The number of hydrogen-bond acceptors (Lipinski definition) is 2. The summed E-state index contributed by atoms with van der Waals surface area (Å²) in [5.74, 6) is -0.0508. The van der Waals surface area contributed by atoms with Gasteiger partial charge in [0.1, 0.15) is 0 Å². The summed E-state index contributed by atoms with van der Waals surface area (Å²) in [6, 6.07) is 7.73. The van der Waals surface area contributed by atoms with Crippen LogP contribution in [0.2, 0.25) is 0 Å². The van der Waals surface area contributed by atoms with Crippen LogP contribution in [0, 0.1) is 0 Å². The second kappa shape index (κ2) is 4.87. The van der Waals surface area contributed by atoms with Crippen molar-refractivity contribution in [3.05, 3.63) is 24.3 Å². The topological polar surface area (TPSA) is 32.3 Å². The van der Waals surface area contributed by atoms with Crippen LogP contribution in [-0.2, 0) is 4.79 Å². The van der Waals surface area contributed by atoms with Gasteiger partial charge >= 0.3 is 0 Å². The third kappa shape index (κ3) is 3.52. The molecule has 0 atom stereocenters. The third-order valence-electron chi connectivity index (χ3n) is 2.18. The molecular weight excluding hydrogens is 268 g/mol. The first-order valence-electron chi connectivity index (χ1n) is 5.08. The first-order valence-corrected chi connectivity index (χ1v) is 5.88. The van der Waals surface area contributed by atoms with E-state index in [1.165, 1.54) is 0 Å². The average Bonchev–Trinajstić information content (AvgIpc) is 2.17. The molecule has 1 N–H and O–H groups in total. The van der Waals surface area contributed by atoms with E-state index in [0.717, 1.165) is 11.4 Å². The molecule has 0 bridgehead atoms. The molecule has 1 amide bonds. The van der Waals surface area contributed by atoms with Gasteiger partial charge in [-0.2, -0.15) is 0 Å². The zero-order valence-electron chi connectivity index (χ0n) is 10.0. The lowest BCUT2D eigenvalue weighted by atomic mass is 10.2. The van der Waals surface area contributed by atoms with Crippen molar-refractivity contribution in [1.29, 1.82) is 0 Å². The van der Waals surface area contributed by atoms with Crippen LogP contribution >= 0.6 is 15.9 Å². The van der Waals surface area contributed by atoms with Crippen LogP contribution in [0.4, 0.5) is 11.4 Å². The van der Waals surface area contributed by atoms with Crippen molar-refractivity contribution in [2.75, 3.05) is 24.3 Å². The van der Waals surface area contributed by atoms with E-state index in [4.69, 9.17) is 0 Å². The van der Waals surface area contributed by atoms with E-state index in [0.29, 0.717) is 0 Å². The Hall–Kier alpha value is -1.03. The quantitative estimate of drug-likeness (QED) is 0.866. The minimum Gasteiger partial charge on any atom is -0.378 e. The number of carbonyl (C=O) groups excluding carboxylic acids is 1. The summed E-state index contributed by atoms with van der Waals surface area (Å²) in [4.78, 5) is 13.7. The molecule has 0 aromatic heterocycles. The monoisotopic (exact) mass is 284 g/mol. The largest absolute Gasteiger partial charge is 0.378 e. The molecule has 16 heavy (non-hydrogen) atoms. The predicted molar refractivity (Wildman–Crippen MR) is 72.4 cm³/mol. The molecular formula is C12H17BrN2O. The van der Waals surface area contributed by atoms with Crippen molar-refractivity contribution in [2.45, 2.75) is 18.2 Å². The van der Waals surface area contributed by atoms with Gasteiger partial charge < -0.3 is 10.2 Å². The number of benzene rings is 1. The standard InChI is InChI=1S/C12H17BrN2O/c1-12(2,13)11(16)14-9-5-7-10(8-6-9)15(3)4/h5-8H,1-4H3,(H,14,16). The fourth-order valence-corrected chi connectivity index (χ4v) is 1.22. The molecule has 3 nitrogen and oxygen atoms in total. The zero-order chi connectivity index (χ0) is 12.3. The first-order chi connectivity index (χ1) is 7.30. The van der Waals surface area contributed by atoms with Crippen molar-refractivity contribution in [3.8, 4) is 0 Å². The molecule has 1 aromatic rings. The molecule has 1 rings (SSSR count). The number of rotatable bonds is 3. The Balaban J connectivity index is 2.73. The Morgan fingerprint density at radius 3 is 2.12 bits per heavy atom. The van der Waals surface area contributed by atoms with Gasteiger partial charge in [-0.05, 0) is 38.1 Å². The summed E-state index contributed by atoms with van der Waals surface area (Å²) in [5, 5.41) is 2.84. The van der Waals surface area contributed by atoms with Gasteiger partial charge in [-0.1, -0.05) is 15.9 Å². The highest BCUT2D eigenvalue weighted by molar-refractivity contribution is 9.10. The number of hydrogen-bond donors (Lipinski definition) is 1. The molecule has 0 saturated heterocycles. The molecule has 0 fully saturated rings. The highest BCUT2D eigenvalue weighted by Gasteiger charge is 2.23. The van der Waals surface area contributed by atoms with E-state index < -0.39 is 4.32 Å². The van der Waals surface area contributed by atoms with Crippen LogP contribution in [0.3, 0.4) is 0 Å². The number of halogens is 1. The van der Waals surface area contributed by atoms with Crippen LogP contribution in [0.25, 0.3) is 0 Å². The molecule has 0 spiro atoms. The molecule has 4 heteroatoms. The van der Waals surface area contributed by atoms with Gasteiger partial charge in [0, 0.05) is 25.5 Å². The van der Waals surface area contributed by atoms with Gasteiger partial charge in [-0.3, -0.25) is 4.79 Å². The molecule has 0 aliphatic heterocycles. The summed E-state index contributed by atoms with van der Waals surface area (Å²) in [7, 11) is 3.96. The van der Waals surface area contributed by atoms with E-state index in [9.17, 15) is 4.79 Å². The SMILES string of the molecule is CN(C)c1ccc(NC(=O)C(C)(C)Br)cc1. The maximum atomic E-state index is 11.7. The van der Waals surface area contributed by atoms with Gasteiger partial charge in [0.15, 0.2) is 0 Å². The Morgan fingerprint density at radius 1 is 1.25 bits per heavy atom. The van der Waals surface area contributed by atoms with Crippen molar-refractivity contribution >= 4 is 33.2 Å². The predicted octanol–water partition coefficient (Wildman–Crippen LogP) is 2.86. The Kier molecular flexibility index (Phi) is 3.97. The highest BCUT2D eigenvalue weighted by atomic mass is 79.9. The summed E-state index contributed by atoms with van der Waals surface area (Å²) in [6.07, 6.45) is 0. The Labute approximate surface area is 105 Å². The van der Waals surface area contributed by atoms with Crippen LogP contribution in [0.1, 0.15) is 13.8 Å². The zero-order valence-corrected chi connectivity index (χ0v) is 11.6. The van der Waals surface area contributed by atoms with Crippen molar-refractivity contribution < 1.29 is 4.79 Å². The maximum absolute atomic E-state index is 11.7. The fourth-order valence-electron chi connectivity index (χ4n) is 1.12. The number of carbonyl (C=O) groups is 1. The van der Waals surface area contributed by atoms with Gasteiger partial charge in [-0.25, -0.2) is 0 Å². The maximum Gasteiger partial charge on any atom is 0.240 e. The molecule has 0 saturated carbocycles.